The molecule has 2 aliphatic rings. The molecule has 0 radical (unpaired) electrons. The van der Waals surface area contributed by atoms with Crippen LogP contribution < -0.4 is 0 Å². The maximum atomic E-state index is 9.29. The van der Waals surface area contributed by atoms with Gasteiger partial charge in [0.05, 0.1) is 24.6 Å². The van der Waals surface area contributed by atoms with Crippen molar-refractivity contribution < 1.29 is 9.84 Å². The van der Waals surface area contributed by atoms with Crippen LogP contribution in [0.15, 0.2) is 24.3 Å². The van der Waals surface area contributed by atoms with Gasteiger partial charge in [0.25, 0.3) is 0 Å². The van der Waals surface area contributed by atoms with E-state index in [9.17, 15) is 5.11 Å². The summed E-state index contributed by atoms with van der Waals surface area (Å²) in [7, 11) is 0. The molecule has 2 aliphatic heterocycles. The molecule has 1 atom stereocenters. The molecule has 0 spiro atoms. The fourth-order valence-electron chi connectivity index (χ4n) is 3.55. The fourth-order valence-corrected chi connectivity index (χ4v) is 3.55. The van der Waals surface area contributed by atoms with Crippen molar-refractivity contribution >= 4 is 0 Å². The molecule has 122 valence electrons. The van der Waals surface area contributed by atoms with Gasteiger partial charge in [-0.2, -0.15) is 0 Å². The van der Waals surface area contributed by atoms with Crippen molar-refractivity contribution in [2.24, 2.45) is 5.92 Å². The Morgan fingerprint density at radius 1 is 1.39 bits per heavy atom. The van der Waals surface area contributed by atoms with Crippen molar-refractivity contribution in [2.75, 3.05) is 26.3 Å². The van der Waals surface area contributed by atoms with E-state index in [1.165, 1.54) is 17.8 Å². The number of hydrogen-bond acceptors (Lipinski definition) is 4. The van der Waals surface area contributed by atoms with Gasteiger partial charge in [-0.15, -0.1) is 0 Å². The summed E-state index contributed by atoms with van der Waals surface area (Å²) >= 11 is 0. The Morgan fingerprint density at radius 2 is 2.35 bits per heavy atom. The average Bonchev–Trinajstić information content (AvgIpc) is 3.24. The zero-order chi connectivity index (χ0) is 15.6. The molecule has 0 unspecified atom stereocenters. The predicted octanol–water partition coefficient (Wildman–Crippen LogP) is 1.96. The Hall–Kier alpha value is -1.69. The van der Waals surface area contributed by atoms with Crippen molar-refractivity contribution in [3.8, 4) is 11.4 Å². The molecule has 4 rings (SSSR count). The Morgan fingerprint density at radius 3 is 3.17 bits per heavy atom. The average molecular weight is 313 g/mol. The van der Waals surface area contributed by atoms with Crippen LogP contribution in [0.2, 0.25) is 0 Å². The van der Waals surface area contributed by atoms with Gasteiger partial charge >= 0.3 is 0 Å². The Balaban J connectivity index is 1.50. The van der Waals surface area contributed by atoms with Gasteiger partial charge in [0, 0.05) is 38.2 Å². The zero-order valence-corrected chi connectivity index (χ0v) is 13.3. The van der Waals surface area contributed by atoms with Crippen LogP contribution in [0.25, 0.3) is 11.4 Å². The lowest BCUT2D eigenvalue weighted by Gasteiger charge is -2.27. The molecule has 0 bridgehead atoms. The van der Waals surface area contributed by atoms with Gasteiger partial charge in [0.2, 0.25) is 0 Å². The molecular formula is C18H23N3O2. The molecule has 1 aromatic heterocycles. The highest BCUT2D eigenvalue weighted by Gasteiger charge is 2.24. The summed E-state index contributed by atoms with van der Waals surface area (Å²) in [6.45, 7) is 5.02. The van der Waals surface area contributed by atoms with Crippen LogP contribution in [0.4, 0.5) is 0 Å². The Bertz CT molecular complexity index is 677. The molecule has 1 fully saturated rings. The number of H-pyrrole nitrogens is 1. The smallest absolute Gasteiger partial charge is 0.137 e. The van der Waals surface area contributed by atoms with Crippen molar-refractivity contribution in [3.63, 3.8) is 0 Å². The highest BCUT2D eigenvalue weighted by Crippen LogP contribution is 2.25. The van der Waals surface area contributed by atoms with E-state index in [-0.39, 0.29) is 6.61 Å². The second-order valence-electron chi connectivity index (χ2n) is 6.58. The number of aliphatic hydroxyl groups excluding tert-OH is 1. The summed E-state index contributed by atoms with van der Waals surface area (Å²) < 4.78 is 5.48. The predicted molar refractivity (Wildman–Crippen MR) is 87.9 cm³/mol. The number of aliphatic hydroxyl groups is 1. The first kappa shape index (κ1) is 14.9. The van der Waals surface area contributed by atoms with E-state index >= 15 is 0 Å². The van der Waals surface area contributed by atoms with Crippen LogP contribution in [-0.4, -0.2) is 46.3 Å². The van der Waals surface area contributed by atoms with Crippen LogP contribution in [0.1, 0.15) is 23.4 Å². The molecule has 5 nitrogen and oxygen atoms in total. The number of ether oxygens (including phenoxy) is 1. The van der Waals surface area contributed by atoms with Crippen molar-refractivity contribution in [2.45, 2.75) is 26.0 Å². The van der Waals surface area contributed by atoms with Gasteiger partial charge in [-0.1, -0.05) is 18.2 Å². The van der Waals surface area contributed by atoms with Crippen molar-refractivity contribution in [3.05, 3.63) is 41.2 Å². The minimum atomic E-state index is 0.0610. The normalized spacial score (nSPS) is 21.5. The molecule has 1 saturated heterocycles. The molecule has 2 aromatic rings. The summed E-state index contributed by atoms with van der Waals surface area (Å²) in [5, 5.41) is 9.29. The second kappa shape index (κ2) is 6.43. The Kier molecular flexibility index (Phi) is 4.16. The first-order valence-electron chi connectivity index (χ1n) is 8.40. The number of aromatic amines is 1. The van der Waals surface area contributed by atoms with Crippen molar-refractivity contribution in [1.29, 1.82) is 0 Å². The van der Waals surface area contributed by atoms with Crippen LogP contribution in [0.5, 0.6) is 0 Å². The molecule has 0 saturated carbocycles. The lowest BCUT2D eigenvalue weighted by molar-refractivity contribution is 0.161. The number of hydrogen-bond donors (Lipinski definition) is 2. The summed E-state index contributed by atoms with van der Waals surface area (Å²) in [5.41, 5.74) is 4.38. The summed E-state index contributed by atoms with van der Waals surface area (Å²) in [5.74, 6) is 1.59. The topological polar surface area (TPSA) is 61.4 Å². The van der Waals surface area contributed by atoms with Gasteiger partial charge in [-0.25, -0.2) is 4.98 Å². The molecule has 2 N–H and O–H groups in total. The maximum Gasteiger partial charge on any atom is 0.137 e. The number of fused-ring (bicyclic) bond motifs is 1. The van der Waals surface area contributed by atoms with E-state index in [4.69, 9.17) is 9.72 Å². The highest BCUT2D eigenvalue weighted by molar-refractivity contribution is 5.57. The van der Waals surface area contributed by atoms with Crippen LogP contribution in [-0.2, 0) is 24.3 Å². The van der Waals surface area contributed by atoms with Gasteiger partial charge in [0.15, 0.2) is 0 Å². The molecular weight excluding hydrogens is 290 g/mol. The minimum absolute atomic E-state index is 0.0610. The number of rotatable bonds is 4. The number of aromatic nitrogens is 2. The first-order chi connectivity index (χ1) is 11.3. The van der Waals surface area contributed by atoms with Crippen molar-refractivity contribution in [1.82, 2.24) is 14.9 Å². The lowest BCUT2D eigenvalue weighted by atomic mass is 10.1. The zero-order valence-electron chi connectivity index (χ0n) is 13.3. The molecule has 5 heteroatoms. The van der Waals surface area contributed by atoms with Gasteiger partial charge in [0.1, 0.15) is 5.82 Å². The highest BCUT2D eigenvalue weighted by atomic mass is 16.5. The van der Waals surface area contributed by atoms with Crippen LogP contribution in [0, 0.1) is 5.92 Å². The van der Waals surface area contributed by atoms with E-state index in [0.717, 1.165) is 56.2 Å². The fraction of sp³-hybridized carbons (Fsp3) is 0.500. The largest absolute Gasteiger partial charge is 0.392 e. The monoisotopic (exact) mass is 313 g/mol. The van der Waals surface area contributed by atoms with E-state index in [1.54, 1.807) is 0 Å². The molecule has 3 heterocycles. The van der Waals surface area contributed by atoms with E-state index < -0.39 is 0 Å². The summed E-state index contributed by atoms with van der Waals surface area (Å²) in [6.07, 6.45) is 2.19. The van der Waals surface area contributed by atoms with E-state index in [0.29, 0.717) is 5.92 Å². The number of nitrogens with one attached hydrogen (secondary N) is 1. The summed E-state index contributed by atoms with van der Waals surface area (Å²) in [6, 6.07) is 7.93. The second-order valence-corrected chi connectivity index (χ2v) is 6.58. The maximum absolute atomic E-state index is 9.29. The van der Waals surface area contributed by atoms with Gasteiger partial charge in [-0.3, -0.25) is 4.90 Å². The number of nitrogens with zero attached hydrogens (tertiary/aromatic N) is 2. The third-order valence-corrected chi connectivity index (χ3v) is 4.83. The molecule has 23 heavy (non-hydrogen) atoms. The summed E-state index contributed by atoms with van der Waals surface area (Å²) in [4.78, 5) is 10.8. The standard InChI is InChI=1S/C18H23N3O2/c22-11-13-2-1-3-15(8-13)18-19-16-4-6-21(10-17(16)20-18)9-14-5-7-23-12-14/h1-3,8,14,22H,4-7,9-12H2,(H,19,20)/t14-/m0/s1. The molecule has 0 amide bonds. The molecule has 1 aromatic carbocycles. The van der Waals surface area contributed by atoms with Gasteiger partial charge < -0.3 is 14.8 Å². The molecule has 0 aliphatic carbocycles. The number of imidazole rings is 1. The SMILES string of the molecule is OCc1cccc(-c2nc3c([nH]2)CN(C[C@@H]2CCOC2)CC3)c1. The third kappa shape index (κ3) is 3.17. The Labute approximate surface area is 136 Å². The minimum Gasteiger partial charge on any atom is -0.392 e. The quantitative estimate of drug-likeness (QED) is 0.906. The van der Waals surface area contributed by atoms with E-state index in [1.807, 2.05) is 24.3 Å². The number of benzene rings is 1. The van der Waals surface area contributed by atoms with Crippen LogP contribution in [0.3, 0.4) is 0 Å². The first-order valence-corrected chi connectivity index (χ1v) is 8.40. The van der Waals surface area contributed by atoms with E-state index in [2.05, 4.69) is 9.88 Å². The third-order valence-electron chi connectivity index (χ3n) is 4.83. The van der Waals surface area contributed by atoms with Crippen LogP contribution >= 0.6 is 0 Å². The van der Waals surface area contributed by atoms with Gasteiger partial charge in [-0.05, 0) is 24.0 Å². The lowest BCUT2D eigenvalue weighted by Crippen LogP contribution is -2.34.